The molecule has 0 aliphatic rings. The normalized spacial score (nSPS) is 12.7. The van der Waals surface area contributed by atoms with Crippen LogP contribution in [0, 0.1) is 0 Å². The summed E-state index contributed by atoms with van der Waals surface area (Å²) in [7, 11) is 0. The second-order valence-electron chi connectivity index (χ2n) is 7.19. The Bertz CT molecular complexity index is 586. The van der Waals surface area contributed by atoms with E-state index in [1.807, 2.05) is 12.3 Å². The highest BCUT2D eigenvalue weighted by atomic mass is 15.0. The number of benzene rings is 1. The van der Waals surface area contributed by atoms with Gasteiger partial charge in [0, 0.05) is 17.1 Å². The lowest BCUT2D eigenvalue weighted by Crippen LogP contribution is -2.26. The van der Waals surface area contributed by atoms with Crippen molar-refractivity contribution in [2.75, 3.05) is 5.32 Å². The van der Waals surface area contributed by atoms with E-state index < -0.39 is 0 Å². The van der Waals surface area contributed by atoms with Crippen LogP contribution in [0.25, 0.3) is 10.9 Å². The molecule has 0 aliphatic carbocycles. The second kappa shape index (κ2) is 4.52. The van der Waals surface area contributed by atoms with E-state index in [-0.39, 0.29) is 11.0 Å². The minimum absolute atomic E-state index is 0.0354. The van der Waals surface area contributed by atoms with E-state index in [9.17, 15) is 0 Å². The summed E-state index contributed by atoms with van der Waals surface area (Å²) in [5, 5.41) is 4.78. The number of hydrogen-bond donors (Lipinski definition) is 1. The van der Waals surface area contributed by atoms with Crippen molar-refractivity contribution in [3.05, 3.63) is 36.0 Å². The van der Waals surface area contributed by atoms with Crippen molar-refractivity contribution in [1.82, 2.24) is 4.98 Å². The molecule has 0 aliphatic heterocycles. The van der Waals surface area contributed by atoms with Gasteiger partial charge in [-0.05, 0) is 43.9 Å². The third-order valence-corrected chi connectivity index (χ3v) is 3.09. The lowest BCUT2D eigenvalue weighted by molar-refractivity contribution is 0.595. The van der Waals surface area contributed by atoms with Crippen LogP contribution >= 0.6 is 0 Å². The zero-order chi connectivity index (χ0) is 14.3. The van der Waals surface area contributed by atoms with Crippen molar-refractivity contribution in [3.63, 3.8) is 0 Å². The molecule has 2 aromatic rings. The van der Waals surface area contributed by atoms with Crippen molar-refractivity contribution in [2.45, 2.75) is 52.5 Å². The largest absolute Gasteiger partial charge is 0.379 e. The molecular weight excluding hydrogens is 232 g/mol. The summed E-state index contributed by atoms with van der Waals surface area (Å²) in [5.41, 5.74) is 3.67. The van der Waals surface area contributed by atoms with Gasteiger partial charge in [0.1, 0.15) is 0 Å². The molecule has 0 bridgehead atoms. The average Bonchev–Trinajstić information content (AvgIpc) is 2.25. The molecule has 102 valence electrons. The monoisotopic (exact) mass is 256 g/mol. The minimum Gasteiger partial charge on any atom is -0.379 e. The van der Waals surface area contributed by atoms with Crippen molar-refractivity contribution in [2.24, 2.45) is 0 Å². The van der Waals surface area contributed by atoms with E-state index in [4.69, 9.17) is 0 Å². The quantitative estimate of drug-likeness (QED) is 0.797. The minimum atomic E-state index is 0.0354. The molecule has 0 saturated carbocycles. The maximum atomic E-state index is 4.58. The maximum absolute atomic E-state index is 4.58. The van der Waals surface area contributed by atoms with Gasteiger partial charge in [0.25, 0.3) is 0 Å². The van der Waals surface area contributed by atoms with Gasteiger partial charge in [-0.3, -0.25) is 4.98 Å². The highest BCUT2D eigenvalue weighted by molar-refractivity contribution is 5.93. The number of nitrogens with one attached hydrogen (secondary N) is 1. The molecule has 0 spiro atoms. The summed E-state index contributed by atoms with van der Waals surface area (Å²) in [4.78, 5) is 4.58. The first kappa shape index (κ1) is 13.9. The lowest BCUT2D eigenvalue weighted by atomic mass is 9.84. The molecule has 2 heteroatoms. The average molecular weight is 256 g/mol. The topological polar surface area (TPSA) is 24.9 Å². The van der Waals surface area contributed by atoms with Crippen molar-refractivity contribution in [3.8, 4) is 0 Å². The molecule has 0 radical (unpaired) electrons. The van der Waals surface area contributed by atoms with Gasteiger partial charge in [-0.15, -0.1) is 0 Å². The van der Waals surface area contributed by atoms with Gasteiger partial charge >= 0.3 is 0 Å². The third-order valence-electron chi connectivity index (χ3n) is 3.09. The van der Waals surface area contributed by atoms with Crippen LogP contribution < -0.4 is 5.32 Å². The molecule has 1 aromatic carbocycles. The Labute approximate surface area is 116 Å². The van der Waals surface area contributed by atoms with Crippen LogP contribution in [0.1, 0.15) is 47.1 Å². The van der Waals surface area contributed by atoms with Gasteiger partial charge in [0.15, 0.2) is 0 Å². The first-order valence-corrected chi connectivity index (χ1v) is 6.85. The lowest BCUT2D eigenvalue weighted by Gasteiger charge is -2.26. The molecule has 2 rings (SSSR count). The number of hydrogen-bond acceptors (Lipinski definition) is 2. The maximum Gasteiger partial charge on any atom is 0.0936 e. The van der Waals surface area contributed by atoms with Crippen LogP contribution in [-0.4, -0.2) is 10.5 Å². The smallest absolute Gasteiger partial charge is 0.0936 e. The van der Waals surface area contributed by atoms with Crippen LogP contribution in [-0.2, 0) is 5.41 Å². The number of fused-ring (bicyclic) bond motifs is 1. The highest BCUT2D eigenvalue weighted by Gasteiger charge is 2.19. The molecule has 1 aromatic heterocycles. The summed E-state index contributed by atoms with van der Waals surface area (Å²) in [6.07, 6.45) is 1.86. The molecule has 19 heavy (non-hydrogen) atoms. The van der Waals surface area contributed by atoms with Crippen LogP contribution in [0.2, 0.25) is 0 Å². The van der Waals surface area contributed by atoms with Gasteiger partial charge in [0.05, 0.1) is 11.2 Å². The Morgan fingerprint density at radius 1 is 0.947 bits per heavy atom. The fourth-order valence-electron chi connectivity index (χ4n) is 2.33. The van der Waals surface area contributed by atoms with E-state index in [1.165, 1.54) is 10.9 Å². The number of pyridine rings is 1. The van der Waals surface area contributed by atoms with Crippen molar-refractivity contribution in [1.29, 1.82) is 0 Å². The number of anilines is 1. The fraction of sp³-hybridized carbons (Fsp3) is 0.471. The molecule has 1 N–H and O–H groups in total. The zero-order valence-electron chi connectivity index (χ0n) is 12.8. The molecule has 0 amide bonds. The molecule has 0 unspecified atom stereocenters. The Morgan fingerprint density at radius 2 is 1.63 bits per heavy atom. The standard InChI is InChI=1S/C17H24N2/c1-16(2,3)13-9-10-14(19-17(4,5)6)15-12(13)8-7-11-18-15/h7-11,19H,1-6H3. The Hall–Kier alpha value is -1.57. The van der Waals surface area contributed by atoms with Gasteiger partial charge in [-0.1, -0.05) is 32.9 Å². The van der Waals surface area contributed by atoms with Crippen molar-refractivity contribution < 1.29 is 0 Å². The number of nitrogens with zero attached hydrogens (tertiary/aromatic N) is 1. The first-order valence-electron chi connectivity index (χ1n) is 6.85. The fourth-order valence-corrected chi connectivity index (χ4v) is 2.33. The predicted octanol–water partition coefficient (Wildman–Crippen LogP) is 4.74. The SMILES string of the molecule is CC(C)(C)Nc1ccc(C(C)(C)C)c2cccnc12. The molecule has 0 atom stereocenters. The van der Waals surface area contributed by atoms with Crippen LogP contribution in [0.5, 0.6) is 0 Å². The summed E-state index contributed by atoms with van der Waals surface area (Å²) in [5.74, 6) is 0. The summed E-state index contributed by atoms with van der Waals surface area (Å²) in [6.45, 7) is 13.2. The molecule has 2 nitrogen and oxygen atoms in total. The summed E-state index contributed by atoms with van der Waals surface area (Å²) < 4.78 is 0. The molecular formula is C17H24N2. The van der Waals surface area contributed by atoms with Gasteiger partial charge in [-0.25, -0.2) is 0 Å². The van der Waals surface area contributed by atoms with E-state index >= 15 is 0 Å². The van der Waals surface area contributed by atoms with Crippen molar-refractivity contribution >= 4 is 16.6 Å². The third kappa shape index (κ3) is 3.06. The molecule has 1 heterocycles. The van der Waals surface area contributed by atoms with E-state index in [2.05, 4.69) is 70.0 Å². The second-order valence-corrected chi connectivity index (χ2v) is 7.19. The molecule has 0 fully saturated rings. The van der Waals surface area contributed by atoms with E-state index in [1.54, 1.807) is 0 Å². The van der Waals surface area contributed by atoms with Crippen LogP contribution in [0.4, 0.5) is 5.69 Å². The molecule has 0 saturated heterocycles. The van der Waals surface area contributed by atoms with Gasteiger partial charge in [0.2, 0.25) is 0 Å². The summed E-state index contributed by atoms with van der Waals surface area (Å²) >= 11 is 0. The number of aromatic nitrogens is 1. The van der Waals surface area contributed by atoms with Crippen LogP contribution in [0.3, 0.4) is 0 Å². The first-order chi connectivity index (χ1) is 8.68. The van der Waals surface area contributed by atoms with Gasteiger partial charge in [-0.2, -0.15) is 0 Å². The number of rotatable bonds is 1. The van der Waals surface area contributed by atoms with Crippen LogP contribution in [0.15, 0.2) is 30.5 Å². The summed E-state index contributed by atoms with van der Waals surface area (Å²) in [6, 6.07) is 8.55. The Balaban J connectivity index is 2.65. The van der Waals surface area contributed by atoms with E-state index in [0.717, 1.165) is 11.2 Å². The van der Waals surface area contributed by atoms with Gasteiger partial charge < -0.3 is 5.32 Å². The highest BCUT2D eigenvalue weighted by Crippen LogP contribution is 2.33. The predicted molar refractivity (Wildman–Crippen MR) is 83.8 cm³/mol. The Kier molecular flexibility index (Phi) is 3.29. The van der Waals surface area contributed by atoms with E-state index in [0.29, 0.717) is 0 Å². The zero-order valence-corrected chi connectivity index (χ0v) is 12.8. The Morgan fingerprint density at radius 3 is 2.21 bits per heavy atom.